The van der Waals surface area contributed by atoms with Gasteiger partial charge in [0.1, 0.15) is 11.4 Å². The molecule has 0 radical (unpaired) electrons. The van der Waals surface area contributed by atoms with Gasteiger partial charge in [-0.25, -0.2) is 9.97 Å². The standard InChI is InChI=1S/C15H14N6O3S/c1-9-5-10(21(23)24)3-4-12(9)19-13(22)7-25-15-11-6-18-20(2)14(11)16-8-17-15/h3-6,8H,7H2,1-2H3,(H,19,22). The summed E-state index contributed by atoms with van der Waals surface area (Å²) in [5.74, 6) is -0.0742. The van der Waals surface area contributed by atoms with Gasteiger partial charge >= 0.3 is 0 Å². The Bertz CT molecular complexity index is 971. The van der Waals surface area contributed by atoms with Crippen molar-refractivity contribution in [3.8, 4) is 0 Å². The molecule has 0 spiro atoms. The Labute approximate surface area is 146 Å². The lowest BCUT2D eigenvalue weighted by atomic mass is 10.2. The normalized spacial score (nSPS) is 10.8. The second-order valence-electron chi connectivity index (χ2n) is 5.28. The highest BCUT2D eigenvalue weighted by atomic mass is 32.2. The minimum Gasteiger partial charge on any atom is -0.325 e. The quantitative estimate of drug-likeness (QED) is 0.322. The Balaban J connectivity index is 1.68. The molecule has 0 fully saturated rings. The molecule has 3 aromatic rings. The SMILES string of the molecule is Cc1cc([N+](=O)[O-])ccc1NC(=O)CSc1ncnc2c1cnn2C. The second kappa shape index (κ2) is 6.85. The summed E-state index contributed by atoms with van der Waals surface area (Å²) in [5, 5.41) is 19.1. The van der Waals surface area contributed by atoms with E-state index in [2.05, 4.69) is 20.4 Å². The third-order valence-electron chi connectivity index (χ3n) is 3.53. The first-order valence-electron chi connectivity index (χ1n) is 7.26. The predicted octanol–water partition coefficient (Wildman–Crippen LogP) is 2.31. The van der Waals surface area contributed by atoms with Crippen LogP contribution in [0.3, 0.4) is 0 Å². The zero-order valence-corrected chi connectivity index (χ0v) is 14.3. The van der Waals surface area contributed by atoms with Gasteiger partial charge < -0.3 is 5.32 Å². The van der Waals surface area contributed by atoms with Crippen LogP contribution in [0.1, 0.15) is 5.56 Å². The van der Waals surface area contributed by atoms with Crippen LogP contribution >= 0.6 is 11.8 Å². The van der Waals surface area contributed by atoms with Gasteiger partial charge in [0.25, 0.3) is 5.69 Å². The molecule has 0 unspecified atom stereocenters. The lowest BCUT2D eigenvalue weighted by Crippen LogP contribution is -2.15. The Morgan fingerprint density at radius 2 is 2.20 bits per heavy atom. The summed E-state index contributed by atoms with van der Waals surface area (Å²) in [5.41, 5.74) is 1.86. The van der Waals surface area contributed by atoms with Gasteiger partial charge in [-0.05, 0) is 18.6 Å². The van der Waals surface area contributed by atoms with Crippen molar-refractivity contribution in [2.24, 2.45) is 7.05 Å². The van der Waals surface area contributed by atoms with E-state index in [1.54, 1.807) is 24.9 Å². The zero-order valence-electron chi connectivity index (χ0n) is 13.5. The Kier molecular flexibility index (Phi) is 4.61. The van der Waals surface area contributed by atoms with Crippen molar-refractivity contribution >= 4 is 40.1 Å². The highest BCUT2D eigenvalue weighted by molar-refractivity contribution is 8.00. The maximum atomic E-state index is 12.2. The fraction of sp³-hybridized carbons (Fsp3) is 0.200. The molecule has 128 valence electrons. The van der Waals surface area contributed by atoms with Crippen LogP contribution in [0.25, 0.3) is 11.0 Å². The first kappa shape index (κ1) is 16.8. The molecular formula is C15H14N6O3S. The lowest BCUT2D eigenvalue weighted by Gasteiger charge is -2.08. The number of non-ortho nitro benzene ring substituents is 1. The van der Waals surface area contributed by atoms with E-state index >= 15 is 0 Å². The van der Waals surface area contributed by atoms with Crippen LogP contribution in [0.15, 0.2) is 35.7 Å². The third-order valence-corrected chi connectivity index (χ3v) is 4.53. The predicted molar refractivity (Wildman–Crippen MR) is 93.5 cm³/mol. The number of aromatic nitrogens is 4. The third kappa shape index (κ3) is 3.58. The number of anilines is 1. The highest BCUT2D eigenvalue weighted by Gasteiger charge is 2.13. The van der Waals surface area contributed by atoms with E-state index in [4.69, 9.17) is 0 Å². The van der Waals surface area contributed by atoms with Crippen molar-refractivity contribution in [3.63, 3.8) is 0 Å². The number of carbonyl (C=O) groups excluding carboxylic acids is 1. The fourth-order valence-corrected chi connectivity index (χ4v) is 3.04. The van der Waals surface area contributed by atoms with Crippen molar-refractivity contribution in [3.05, 3.63) is 46.4 Å². The van der Waals surface area contributed by atoms with Crippen molar-refractivity contribution in [2.75, 3.05) is 11.1 Å². The van der Waals surface area contributed by atoms with Gasteiger partial charge in [-0.3, -0.25) is 19.6 Å². The highest BCUT2D eigenvalue weighted by Crippen LogP contribution is 2.25. The summed E-state index contributed by atoms with van der Waals surface area (Å²) in [7, 11) is 1.79. The van der Waals surface area contributed by atoms with Crippen molar-refractivity contribution < 1.29 is 9.72 Å². The fourth-order valence-electron chi connectivity index (χ4n) is 2.28. The lowest BCUT2D eigenvalue weighted by molar-refractivity contribution is -0.384. The van der Waals surface area contributed by atoms with Crippen LogP contribution in [-0.4, -0.2) is 36.3 Å². The first-order valence-corrected chi connectivity index (χ1v) is 8.24. The molecule has 1 N–H and O–H groups in total. The number of benzene rings is 1. The summed E-state index contributed by atoms with van der Waals surface area (Å²) in [6.45, 7) is 1.71. The van der Waals surface area contributed by atoms with Gasteiger partial charge in [0.2, 0.25) is 5.91 Å². The number of nitro groups is 1. The average Bonchev–Trinajstić information content (AvgIpc) is 2.96. The molecule has 0 aliphatic heterocycles. The van der Waals surface area contributed by atoms with Crippen LogP contribution in [0.5, 0.6) is 0 Å². The van der Waals surface area contributed by atoms with Crippen LogP contribution in [-0.2, 0) is 11.8 Å². The summed E-state index contributed by atoms with van der Waals surface area (Å²) in [6, 6.07) is 4.31. The molecule has 9 nitrogen and oxygen atoms in total. The number of nitrogens with zero attached hydrogens (tertiary/aromatic N) is 5. The molecule has 10 heteroatoms. The van der Waals surface area contributed by atoms with Gasteiger partial charge in [-0.15, -0.1) is 0 Å². The number of carbonyl (C=O) groups is 1. The topological polar surface area (TPSA) is 116 Å². The van der Waals surface area contributed by atoms with E-state index in [1.165, 1.54) is 36.3 Å². The maximum absolute atomic E-state index is 12.2. The van der Waals surface area contributed by atoms with Crippen LogP contribution < -0.4 is 5.32 Å². The zero-order chi connectivity index (χ0) is 18.0. The smallest absolute Gasteiger partial charge is 0.269 e. The number of thioether (sulfide) groups is 1. The van der Waals surface area contributed by atoms with Crippen LogP contribution in [0.2, 0.25) is 0 Å². The molecule has 0 aliphatic carbocycles. The Morgan fingerprint density at radius 3 is 2.92 bits per heavy atom. The maximum Gasteiger partial charge on any atom is 0.269 e. The van der Waals surface area contributed by atoms with Gasteiger partial charge in [0.15, 0.2) is 5.65 Å². The molecule has 0 saturated heterocycles. The molecule has 1 amide bonds. The number of fused-ring (bicyclic) bond motifs is 1. The number of rotatable bonds is 5. The summed E-state index contributed by atoms with van der Waals surface area (Å²) in [6.07, 6.45) is 3.10. The van der Waals surface area contributed by atoms with E-state index in [0.29, 0.717) is 21.9 Å². The molecule has 0 atom stereocenters. The molecule has 2 aromatic heterocycles. The number of nitrogens with one attached hydrogen (secondary N) is 1. The molecular weight excluding hydrogens is 344 g/mol. The average molecular weight is 358 g/mol. The molecule has 0 aliphatic rings. The van der Waals surface area contributed by atoms with Crippen molar-refractivity contribution in [2.45, 2.75) is 11.9 Å². The van der Waals surface area contributed by atoms with E-state index in [1.807, 2.05) is 0 Å². The summed E-state index contributed by atoms with van der Waals surface area (Å²) >= 11 is 1.28. The Morgan fingerprint density at radius 1 is 1.40 bits per heavy atom. The van der Waals surface area contributed by atoms with Gasteiger partial charge in [-0.1, -0.05) is 11.8 Å². The number of aryl methyl sites for hydroxylation is 2. The van der Waals surface area contributed by atoms with Crippen molar-refractivity contribution in [1.82, 2.24) is 19.7 Å². The second-order valence-corrected chi connectivity index (χ2v) is 6.24. The van der Waals surface area contributed by atoms with E-state index < -0.39 is 4.92 Å². The first-order chi connectivity index (χ1) is 12.0. The monoisotopic (exact) mass is 358 g/mol. The minimum absolute atomic E-state index is 0.00942. The summed E-state index contributed by atoms with van der Waals surface area (Å²) in [4.78, 5) is 30.8. The summed E-state index contributed by atoms with van der Waals surface area (Å²) < 4.78 is 1.64. The molecule has 2 heterocycles. The van der Waals surface area contributed by atoms with Crippen molar-refractivity contribution in [1.29, 1.82) is 0 Å². The van der Waals surface area contributed by atoms with E-state index in [9.17, 15) is 14.9 Å². The molecule has 3 rings (SSSR count). The van der Waals surface area contributed by atoms with Gasteiger partial charge in [0.05, 0.1) is 22.3 Å². The van der Waals surface area contributed by atoms with Gasteiger partial charge in [0, 0.05) is 24.9 Å². The molecule has 1 aromatic carbocycles. The molecule has 0 saturated carbocycles. The minimum atomic E-state index is -0.470. The van der Waals surface area contributed by atoms with Crippen LogP contribution in [0, 0.1) is 17.0 Å². The van der Waals surface area contributed by atoms with Gasteiger partial charge in [-0.2, -0.15) is 5.10 Å². The van der Waals surface area contributed by atoms with E-state index in [-0.39, 0.29) is 17.3 Å². The van der Waals surface area contributed by atoms with E-state index in [0.717, 1.165) is 5.39 Å². The number of amides is 1. The number of hydrogen-bond donors (Lipinski definition) is 1. The molecule has 25 heavy (non-hydrogen) atoms. The van der Waals surface area contributed by atoms with Crippen LogP contribution in [0.4, 0.5) is 11.4 Å². The molecule has 0 bridgehead atoms. The number of hydrogen-bond acceptors (Lipinski definition) is 7. The Hall–Kier alpha value is -3.01. The largest absolute Gasteiger partial charge is 0.325 e. The number of nitro benzene ring substituents is 1.